The summed E-state index contributed by atoms with van der Waals surface area (Å²) in [6.07, 6.45) is 5.64. The van der Waals surface area contributed by atoms with Crippen LogP contribution in [0.25, 0.3) is 0 Å². The highest BCUT2D eigenvalue weighted by Gasteiger charge is 2.23. The predicted molar refractivity (Wildman–Crippen MR) is 68.7 cm³/mol. The first kappa shape index (κ1) is 13.9. The number of hydrogen-bond donors (Lipinski definition) is 2. The fraction of sp³-hybridized carbons (Fsp3) is 1.00. The Kier molecular flexibility index (Phi) is 5.73. The van der Waals surface area contributed by atoms with Crippen molar-refractivity contribution in [2.24, 2.45) is 0 Å². The zero-order valence-electron chi connectivity index (χ0n) is 11.1. The van der Waals surface area contributed by atoms with E-state index in [0.717, 1.165) is 25.9 Å². The molecule has 0 aliphatic carbocycles. The van der Waals surface area contributed by atoms with Gasteiger partial charge in [0.15, 0.2) is 0 Å². The van der Waals surface area contributed by atoms with E-state index in [2.05, 4.69) is 31.1 Å². The largest absolute Gasteiger partial charge is 0.389 e. The molecule has 2 N–H and O–H groups in total. The quantitative estimate of drug-likeness (QED) is 0.725. The van der Waals surface area contributed by atoms with E-state index in [1.807, 2.05) is 0 Å². The minimum absolute atomic E-state index is 0.507. The fourth-order valence-corrected chi connectivity index (χ4v) is 2.37. The standard InChI is InChI=1S/C13H28N2O/c1-4-13(16,5-2)11-14-10-12-8-6-7-9-15(12)3/h12,14,16H,4-11H2,1-3H3. The molecule has 0 spiro atoms. The average molecular weight is 228 g/mol. The van der Waals surface area contributed by atoms with Crippen molar-refractivity contribution in [3.05, 3.63) is 0 Å². The molecule has 0 saturated carbocycles. The van der Waals surface area contributed by atoms with Crippen LogP contribution in [0.1, 0.15) is 46.0 Å². The van der Waals surface area contributed by atoms with Crippen LogP contribution in [0.4, 0.5) is 0 Å². The van der Waals surface area contributed by atoms with E-state index in [1.165, 1.54) is 25.8 Å². The number of nitrogens with zero attached hydrogens (tertiary/aromatic N) is 1. The third-order valence-electron chi connectivity index (χ3n) is 4.07. The second kappa shape index (κ2) is 6.58. The Hall–Kier alpha value is -0.120. The van der Waals surface area contributed by atoms with Crippen molar-refractivity contribution in [3.63, 3.8) is 0 Å². The maximum atomic E-state index is 10.1. The lowest BCUT2D eigenvalue weighted by Gasteiger charge is -2.34. The molecule has 1 unspecified atom stereocenters. The molecule has 3 heteroatoms. The highest BCUT2D eigenvalue weighted by molar-refractivity contribution is 4.81. The van der Waals surface area contributed by atoms with Crippen LogP contribution >= 0.6 is 0 Å². The molecule has 1 aliphatic heterocycles. The Morgan fingerprint density at radius 1 is 1.31 bits per heavy atom. The average Bonchev–Trinajstić information content (AvgIpc) is 2.31. The van der Waals surface area contributed by atoms with Crippen LogP contribution in [0.15, 0.2) is 0 Å². The number of piperidine rings is 1. The first-order valence-corrected chi connectivity index (χ1v) is 6.74. The van der Waals surface area contributed by atoms with Crippen LogP contribution in [0.2, 0.25) is 0 Å². The van der Waals surface area contributed by atoms with E-state index >= 15 is 0 Å². The van der Waals surface area contributed by atoms with E-state index in [1.54, 1.807) is 0 Å². The second-order valence-corrected chi connectivity index (χ2v) is 5.19. The molecule has 16 heavy (non-hydrogen) atoms. The molecule has 1 heterocycles. The van der Waals surface area contributed by atoms with Crippen LogP contribution < -0.4 is 5.32 Å². The van der Waals surface area contributed by atoms with Gasteiger partial charge < -0.3 is 15.3 Å². The van der Waals surface area contributed by atoms with E-state index in [9.17, 15) is 5.11 Å². The SMILES string of the molecule is CCC(O)(CC)CNCC1CCCCN1C. The lowest BCUT2D eigenvalue weighted by atomic mass is 9.97. The summed E-state index contributed by atoms with van der Waals surface area (Å²) in [6, 6.07) is 0.659. The summed E-state index contributed by atoms with van der Waals surface area (Å²) in [5, 5.41) is 13.6. The van der Waals surface area contributed by atoms with Gasteiger partial charge in [0.25, 0.3) is 0 Å². The lowest BCUT2D eigenvalue weighted by molar-refractivity contribution is 0.0303. The van der Waals surface area contributed by atoms with Crippen molar-refractivity contribution in [3.8, 4) is 0 Å². The Balaban J connectivity index is 2.23. The van der Waals surface area contributed by atoms with Gasteiger partial charge in [-0.25, -0.2) is 0 Å². The van der Waals surface area contributed by atoms with E-state index in [-0.39, 0.29) is 0 Å². The fourth-order valence-electron chi connectivity index (χ4n) is 2.37. The van der Waals surface area contributed by atoms with Gasteiger partial charge in [-0.2, -0.15) is 0 Å². The third kappa shape index (κ3) is 4.04. The maximum absolute atomic E-state index is 10.1. The van der Waals surface area contributed by atoms with Crippen LogP contribution in [0.5, 0.6) is 0 Å². The zero-order valence-corrected chi connectivity index (χ0v) is 11.1. The van der Waals surface area contributed by atoms with Gasteiger partial charge in [0.1, 0.15) is 0 Å². The lowest BCUT2D eigenvalue weighted by Crippen LogP contribution is -2.47. The summed E-state index contributed by atoms with van der Waals surface area (Å²) in [5.74, 6) is 0. The van der Waals surface area contributed by atoms with Crippen LogP contribution in [0, 0.1) is 0 Å². The molecule has 0 aromatic heterocycles. The van der Waals surface area contributed by atoms with Crippen molar-refractivity contribution in [1.29, 1.82) is 0 Å². The van der Waals surface area contributed by atoms with Gasteiger partial charge in [0.2, 0.25) is 0 Å². The van der Waals surface area contributed by atoms with E-state index in [4.69, 9.17) is 0 Å². The highest BCUT2D eigenvalue weighted by Crippen LogP contribution is 2.15. The number of hydrogen-bond acceptors (Lipinski definition) is 3. The van der Waals surface area contributed by atoms with Crippen LogP contribution in [0.3, 0.4) is 0 Å². The molecule has 1 rings (SSSR count). The van der Waals surface area contributed by atoms with Crippen molar-refractivity contribution >= 4 is 0 Å². The minimum atomic E-state index is -0.507. The van der Waals surface area contributed by atoms with Gasteiger partial charge in [0, 0.05) is 19.1 Å². The van der Waals surface area contributed by atoms with Gasteiger partial charge in [-0.3, -0.25) is 0 Å². The van der Waals surface area contributed by atoms with Crippen LogP contribution in [-0.4, -0.2) is 48.3 Å². The van der Waals surface area contributed by atoms with Gasteiger partial charge in [-0.15, -0.1) is 0 Å². The Morgan fingerprint density at radius 3 is 2.56 bits per heavy atom. The minimum Gasteiger partial charge on any atom is -0.389 e. The van der Waals surface area contributed by atoms with Gasteiger partial charge >= 0.3 is 0 Å². The summed E-state index contributed by atoms with van der Waals surface area (Å²) in [7, 11) is 2.21. The first-order chi connectivity index (χ1) is 7.61. The smallest absolute Gasteiger partial charge is 0.0766 e. The first-order valence-electron chi connectivity index (χ1n) is 6.74. The summed E-state index contributed by atoms with van der Waals surface area (Å²) < 4.78 is 0. The van der Waals surface area contributed by atoms with E-state index < -0.39 is 5.60 Å². The molecule has 1 atom stereocenters. The van der Waals surface area contributed by atoms with E-state index in [0.29, 0.717) is 6.04 Å². The maximum Gasteiger partial charge on any atom is 0.0766 e. The Bertz CT molecular complexity index is 192. The predicted octanol–water partition coefficient (Wildman–Crippen LogP) is 1.61. The normalized spacial score (nSPS) is 23.6. The molecule has 0 aromatic rings. The highest BCUT2D eigenvalue weighted by atomic mass is 16.3. The molecule has 1 saturated heterocycles. The summed E-state index contributed by atoms with van der Waals surface area (Å²) in [6.45, 7) is 7.07. The summed E-state index contributed by atoms with van der Waals surface area (Å²) >= 11 is 0. The summed E-state index contributed by atoms with van der Waals surface area (Å²) in [5.41, 5.74) is -0.507. The monoisotopic (exact) mass is 228 g/mol. The molecule has 0 aromatic carbocycles. The number of likely N-dealkylation sites (N-methyl/N-ethyl adjacent to an activating group) is 1. The Labute approximate surface area is 100 Å². The summed E-state index contributed by atoms with van der Waals surface area (Å²) in [4.78, 5) is 2.44. The molecule has 3 nitrogen and oxygen atoms in total. The Morgan fingerprint density at radius 2 is 2.00 bits per heavy atom. The molecular formula is C13H28N2O. The molecule has 1 aliphatic rings. The van der Waals surface area contributed by atoms with Gasteiger partial charge in [0.05, 0.1) is 5.60 Å². The molecule has 0 radical (unpaired) electrons. The van der Waals surface area contributed by atoms with Crippen molar-refractivity contribution in [1.82, 2.24) is 10.2 Å². The molecule has 0 bridgehead atoms. The second-order valence-electron chi connectivity index (χ2n) is 5.19. The van der Waals surface area contributed by atoms with Crippen molar-refractivity contribution in [2.45, 2.75) is 57.6 Å². The van der Waals surface area contributed by atoms with Crippen LogP contribution in [-0.2, 0) is 0 Å². The zero-order chi connectivity index (χ0) is 12.0. The third-order valence-corrected chi connectivity index (χ3v) is 4.07. The number of nitrogens with one attached hydrogen (secondary N) is 1. The topological polar surface area (TPSA) is 35.5 Å². The molecule has 1 fully saturated rings. The van der Waals surface area contributed by atoms with Crippen molar-refractivity contribution < 1.29 is 5.11 Å². The van der Waals surface area contributed by atoms with Gasteiger partial charge in [-0.1, -0.05) is 20.3 Å². The molecular weight excluding hydrogens is 200 g/mol. The number of likely N-dealkylation sites (tertiary alicyclic amines) is 1. The number of rotatable bonds is 6. The van der Waals surface area contributed by atoms with Crippen molar-refractivity contribution in [2.75, 3.05) is 26.7 Å². The molecule has 96 valence electrons. The molecule has 0 amide bonds. The van der Waals surface area contributed by atoms with Gasteiger partial charge in [-0.05, 0) is 39.3 Å². The number of aliphatic hydroxyl groups is 1.